The van der Waals surface area contributed by atoms with Crippen molar-refractivity contribution < 1.29 is 14.3 Å². The number of fused-ring (bicyclic) bond motifs is 2. The molecule has 0 fully saturated rings. The fraction of sp³-hybridized carbons (Fsp3) is 0.364. The van der Waals surface area contributed by atoms with Gasteiger partial charge in [0.05, 0.1) is 6.61 Å². The molecule has 2 aromatic carbocycles. The first kappa shape index (κ1) is 19.6. The number of hydrogen-bond acceptors (Lipinski definition) is 5. The Labute approximate surface area is 175 Å². The van der Waals surface area contributed by atoms with Gasteiger partial charge in [-0.3, -0.25) is 9.69 Å². The smallest absolute Gasteiger partial charge is 0.261 e. The van der Waals surface area contributed by atoms with E-state index in [4.69, 9.17) is 26.8 Å². The molecule has 0 aromatic heterocycles. The zero-order valence-corrected chi connectivity index (χ0v) is 17.7. The van der Waals surface area contributed by atoms with E-state index in [2.05, 4.69) is 4.99 Å². The van der Waals surface area contributed by atoms with Gasteiger partial charge in [-0.2, -0.15) is 0 Å². The Morgan fingerprint density at radius 1 is 1.28 bits per heavy atom. The number of likely N-dealkylation sites (N-methyl/N-ethyl adjacent to an activating group) is 1. The first-order valence-electron chi connectivity index (χ1n) is 9.56. The molecule has 0 radical (unpaired) electrons. The molecular weight excluding hydrogens is 390 g/mol. The van der Waals surface area contributed by atoms with Gasteiger partial charge in [0.1, 0.15) is 17.1 Å². The minimum atomic E-state index is -1.10. The van der Waals surface area contributed by atoms with Gasteiger partial charge in [-0.25, -0.2) is 4.99 Å². The maximum absolute atomic E-state index is 13.2. The molecule has 7 heteroatoms. The molecule has 1 amide bonds. The number of ether oxygens (including phenoxy) is 2. The molecule has 2 aliphatic rings. The maximum Gasteiger partial charge on any atom is 0.261 e. The first-order valence-corrected chi connectivity index (χ1v) is 9.94. The van der Waals surface area contributed by atoms with Crippen molar-refractivity contribution in [2.45, 2.75) is 38.3 Å². The molecule has 0 bridgehead atoms. The van der Waals surface area contributed by atoms with Crippen molar-refractivity contribution in [2.75, 3.05) is 13.7 Å². The second-order valence-electron chi connectivity index (χ2n) is 8.02. The zero-order chi connectivity index (χ0) is 21.0. The number of guanidine groups is 1. The van der Waals surface area contributed by atoms with Gasteiger partial charge < -0.3 is 15.2 Å². The van der Waals surface area contributed by atoms with Gasteiger partial charge >= 0.3 is 0 Å². The number of carbonyl (C=O) groups is 1. The van der Waals surface area contributed by atoms with Gasteiger partial charge in [0, 0.05) is 29.6 Å². The third-order valence-electron chi connectivity index (χ3n) is 5.36. The van der Waals surface area contributed by atoms with Crippen LogP contribution in [0.4, 0.5) is 0 Å². The number of rotatable bonds is 3. The van der Waals surface area contributed by atoms with E-state index in [1.807, 2.05) is 51.1 Å². The minimum Gasteiger partial charge on any atom is -0.494 e. The molecule has 6 nitrogen and oxygen atoms in total. The van der Waals surface area contributed by atoms with Crippen molar-refractivity contribution in [1.29, 1.82) is 0 Å². The standard InChI is InChI=1S/C22H24ClN3O3/c1-5-28-14-7-8-17(23)15(11-14)13-6-9-18-16(10-13)22(12-21(2,3)29-18)19(27)26(4)20(24)25-22/h6-11H,5,12H2,1-4H3,(H2,24,25). The lowest BCUT2D eigenvalue weighted by Gasteiger charge is -2.41. The van der Waals surface area contributed by atoms with E-state index in [0.717, 1.165) is 16.9 Å². The van der Waals surface area contributed by atoms with Crippen molar-refractivity contribution in [2.24, 2.45) is 10.7 Å². The van der Waals surface area contributed by atoms with Crippen LogP contribution >= 0.6 is 11.6 Å². The Kier molecular flexibility index (Phi) is 4.50. The lowest BCUT2D eigenvalue weighted by atomic mass is 9.77. The monoisotopic (exact) mass is 413 g/mol. The molecule has 152 valence electrons. The number of nitrogens with two attached hydrogens (primary N) is 1. The van der Waals surface area contributed by atoms with E-state index < -0.39 is 11.1 Å². The van der Waals surface area contributed by atoms with E-state index in [0.29, 0.717) is 29.4 Å². The quantitative estimate of drug-likeness (QED) is 0.826. The molecule has 2 N–H and O–H groups in total. The Hall–Kier alpha value is -2.73. The molecule has 2 aliphatic heterocycles. The molecule has 0 aliphatic carbocycles. The Morgan fingerprint density at radius 2 is 2.03 bits per heavy atom. The number of amides is 1. The predicted molar refractivity (Wildman–Crippen MR) is 113 cm³/mol. The van der Waals surface area contributed by atoms with Gasteiger partial charge in [0.2, 0.25) is 0 Å². The highest BCUT2D eigenvalue weighted by Crippen LogP contribution is 2.50. The van der Waals surface area contributed by atoms with E-state index in [-0.39, 0.29) is 11.9 Å². The van der Waals surface area contributed by atoms with Crippen LogP contribution in [0, 0.1) is 0 Å². The lowest BCUT2D eigenvalue weighted by Crippen LogP contribution is -2.49. The van der Waals surface area contributed by atoms with Crippen molar-refractivity contribution in [3.05, 3.63) is 47.0 Å². The molecule has 1 unspecified atom stereocenters. The zero-order valence-electron chi connectivity index (χ0n) is 17.0. The lowest BCUT2D eigenvalue weighted by molar-refractivity contribution is -0.133. The summed E-state index contributed by atoms with van der Waals surface area (Å²) in [6, 6.07) is 11.3. The Balaban J connectivity index is 1.90. The largest absolute Gasteiger partial charge is 0.494 e. The van der Waals surface area contributed by atoms with Crippen LogP contribution in [0.1, 0.15) is 32.8 Å². The SMILES string of the molecule is CCOc1ccc(Cl)c(-c2ccc3c(c2)C2(CC(C)(C)O3)N=C(N)N(C)C2=O)c1. The second kappa shape index (κ2) is 6.66. The van der Waals surface area contributed by atoms with Gasteiger partial charge in [-0.15, -0.1) is 0 Å². The number of hydrogen-bond donors (Lipinski definition) is 1. The van der Waals surface area contributed by atoms with Crippen molar-refractivity contribution >= 4 is 23.5 Å². The van der Waals surface area contributed by atoms with Crippen molar-refractivity contribution in [1.82, 2.24) is 4.90 Å². The highest BCUT2D eigenvalue weighted by atomic mass is 35.5. The summed E-state index contributed by atoms with van der Waals surface area (Å²) in [5, 5.41) is 0.595. The summed E-state index contributed by atoms with van der Waals surface area (Å²) in [6.45, 7) is 6.39. The van der Waals surface area contributed by atoms with Gasteiger partial charge in [-0.1, -0.05) is 17.7 Å². The van der Waals surface area contributed by atoms with Gasteiger partial charge in [0.25, 0.3) is 5.91 Å². The second-order valence-corrected chi connectivity index (χ2v) is 8.43. The van der Waals surface area contributed by atoms with E-state index >= 15 is 0 Å². The van der Waals surface area contributed by atoms with Crippen molar-refractivity contribution in [3.63, 3.8) is 0 Å². The van der Waals surface area contributed by atoms with Gasteiger partial charge in [0.15, 0.2) is 11.5 Å². The number of benzene rings is 2. The van der Waals surface area contributed by atoms with Crippen LogP contribution in [0.15, 0.2) is 41.4 Å². The number of carbonyl (C=O) groups excluding carboxylic acids is 1. The molecule has 0 saturated heterocycles. The molecule has 0 saturated carbocycles. The number of aliphatic imine (C=N–C) groups is 1. The Bertz CT molecular complexity index is 1030. The van der Waals surface area contributed by atoms with Crippen LogP contribution < -0.4 is 15.2 Å². The molecule has 29 heavy (non-hydrogen) atoms. The number of halogens is 1. The molecular formula is C22H24ClN3O3. The highest BCUT2D eigenvalue weighted by Gasteiger charge is 2.55. The summed E-state index contributed by atoms with van der Waals surface area (Å²) >= 11 is 6.48. The predicted octanol–water partition coefficient (Wildman–Crippen LogP) is 3.95. The average Bonchev–Trinajstić information content (AvgIpc) is 2.87. The maximum atomic E-state index is 13.2. The first-order chi connectivity index (χ1) is 13.7. The van der Waals surface area contributed by atoms with Crippen LogP contribution in [-0.2, 0) is 10.3 Å². The third kappa shape index (κ3) is 3.12. The normalized spacial score (nSPS) is 22.3. The van der Waals surface area contributed by atoms with Crippen LogP contribution in [0.25, 0.3) is 11.1 Å². The molecule has 1 spiro atoms. The average molecular weight is 414 g/mol. The van der Waals surface area contributed by atoms with Crippen LogP contribution in [0.3, 0.4) is 0 Å². The molecule has 2 heterocycles. The van der Waals surface area contributed by atoms with E-state index in [1.165, 1.54) is 4.90 Å². The molecule has 4 rings (SSSR count). The third-order valence-corrected chi connectivity index (χ3v) is 5.69. The highest BCUT2D eigenvalue weighted by molar-refractivity contribution is 6.33. The summed E-state index contributed by atoms with van der Waals surface area (Å²) in [6.07, 6.45) is 0.396. The van der Waals surface area contributed by atoms with E-state index in [9.17, 15) is 4.79 Å². The minimum absolute atomic E-state index is 0.154. The summed E-state index contributed by atoms with van der Waals surface area (Å²) in [7, 11) is 1.64. The number of nitrogens with zero attached hydrogens (tertiary/aromatic N) is 2. The molecule has 2 aromatic rings. The van der Waals surface area contributed by atoms with Crippen LogP contribution in [0.5, 0.6) is 11.5 Å². The summed E-state index contributed by atoms with van der Waals surface area (Å²) < 4.78 is 11.8. The van der Waals surface area contributed by atoms with Gasteiger partial charge in [-0.05, 0) is 56.7 Å². The molecule has 1 atom stereocenters. The summed E-state index contributed by atoms with van der Waals surface area (Å²) in [5.74, 6) is 1.41. The summed E-state index contributed by atoms with van der Waals surface area (Å²) in [5.41, 5.74) is 6.73. The van der Waals surface area contributed by atoms with E-state index in [1.54, 1.807) is 13.1 Å². The summed E-state index contributed by atoms with van der Waals surface area (Å²) in [4.78, 5) is 19.2. The van der Waals surface area contributed by atoms with Crippen molar-refractivity contribution in [3.8, 4) is 22.6 Å². The fourth-order valence-electron chi connectivity index (χ4n) is 4.13. The topological polar surface area (TPSA) is 77.2 Å². The van der Waals surface area contributed by atoms with Crippen LogP contribution in [-0.4, -0.2) is 36.0 Å². The fourth-order valence-corrected chi connectivity index (χ4v) is 4.35. The van der Waals surface area contributed by atoms with Crippen LogP contribution in [0.2, 0.25) is 5.02 Å². The Morgan fingerprint density at radius 3 is 2.69 bits per heavy atom.